The summed E-state index contributed by atoms with van der Waals surface area (Å²) >= 11 is 0. The second-order valence-corrected chi connectivity index (χ2v) is 8.02. The Morgan fingerprint density at radius 3 is 2.67 bits per heavy atom. The maximum atomic E-state index is 11.9. The minimum Gasteiger partial charge on any atom is -0.358 e. The fourth-order valence-corrected chi connectivity index (χ4v) is 4.39. The minimum absolute atomic E-state index is 0.0233. The summed E-state index contributed by atoms with van der Waals surface area (Å²) in [7, 11) is -3.14. The highest BCUT2D eigenvalue weighted by Gasteiger charge is 2.47. The molecule has 1 saturated carbocycles. The molecular weight excluding hydrogens is 284 g/mol. The van der Waals surface area contributed by atoms with Gasteiger partial charge in [-0.15, -0.1) is 0 Å². The molecule has 1 aromatic carbocycles. The van der Waals surface area contributed by atoms with Crippen LogP contribution in [0.15, 0.2) is 24.3 Å². The van der Waals surface area contributed by atoms with Gasteiger partial charge in [0.1, 0.15) is 0 Å². The summed E-state index contributed by atoms with van der Waals surface area (Å²) in [4.78, 5) is 3.42. The molecule has 0 spiro atoms. The zero-order chi connectivity index (χ0) is 15.1. The maximum Gasteiger partial charge on any atom is 0.211 e. The van der Waals surface area contributed by atoms with Gasteiger partial charge >= 0.3 is 0 Å². The molecule has 0 radical (unpaired) electrons. The fraction of sp³-hybridized carbons (Fsp3) is 0.500. The predicted molar refractivity (Wildman–Crippen MR) is 86.0 cm³/mol. The van der Waals surface area contributed by atoms with Crippen molar-refractivity contribution in [1.29, 1.82) is 0 Å². The van der Waals surface area contributed by atoms with Crippen LogP contribution in [0.2, 0.25) is 0 Å². The number of rotatable bonds is 6. The zero-order valence-electron chi connectivity index (χ0n) is 12.6. The minimum atomic E-state index is -3.14. The number of benzene rings is 1. The number of para-hydroxylation sites is 1. The molecule has 4 nitrogen and oxygen atoms in total. The number of H-pyrrole nitrogens is 1. The lowest BCUT2D eigenvalue weighted by Crippen LogP contribution is -2.34. The van der Waals surface area contributed by atoms with Crippen LogP contribution in [0, 0.1) is 6.92 Å². The third-order valence-electron chi connectivity index (χ3n) is 4.38. The molecule has 1 fully saturated rings. The molecule has 114 valence electrons. The van der Waals surface area contributed by atoms with E-state index in [0.717, 1.165) is 24.1 Å². The Hall–Kier alpha value is -1.33. The van der Waals surface area contributed by atoms with Crippen molar-refractivity contribution in [2.24, 2.45) is 0 Å². The van der Waals surface area contributed by atoms with Crippen LogP contribution in [-0.4, -0.2) is 25.7 Å². The normalized spacial score (nSPS) is 17.2. The molecule has 0 saturated heterocycles. The van der Waals surface area contributed by atoms with Crippen LogP contribution in [0.4, 0.5) is 0 Å². The lowest BCUT2D eigenvalue weighted by molar-refractivity contribution is 0.566. The molecule has 1 heterocycles. The molecule has 21 heavy (non-hydrogen) atoms. The van der Waals surface area contributed by atoms with Crippen LogP contribution in [0.5, 0.6) is 0 Å². The standard InChI is InChI=1S/C16H22N2O2S/c1-3-10-21(19,20)17-11-16(8-9-16)15-12(2)18-14-7-5-4-6-13(14)15/h4-7,17-18H,3,8-11H2,1-2H3. The van der Waals surface area contributed by atoms with Gasteiger partial charge < -0.3 is 4.98 Å². The number of fused-ring (bicyclic) bond motifs is 1. The summed E-state index contributed by atoms with van der Waals surface area (Å²) in [5.74, 6) is 0.204. The van der Waals surface area contributed by atoms with Gasteiger partial charge in [-0.2, -0.15) is 0 Å². The van der Waals surface area contributed by atoms with Gasteiger partial charge in [0, 0.05) is 28.6 Å². The molecule has 5 heteroatoms. The van der Waals surface area contributed by atoms with E-state index in [0.29, 0.717) is 13.0 Å². The number of aromatic nitrogens is 1. The zero-order valence-corrected chi connectivity index (χ0v) is 13.4. The molecule has 0 amide bonds. The fourth-order valence-electron chi connectivity index (χ4n) is 3.22. The average molecular weight is 306 g/mol. The van der Waals surface area contributed by atoms with Crippen LogP contribution < -0.4 is 4.72 Å². The van der Waals surface area contributed by atoms with E-state index in [1.54, 1.807) is 0 Å². The van der Waals surface area contributed by atoms with Gasteiger partial charge in [-0.1, -0.05) is 25.1 Å². The first kappa shape index (κ1) is 14.6. The second-order valence-electron chi connectivity index (χ2n) is 6.09. The Labute approximate surface area is 126 Å². The van der Waals surface area contributed by atoms with Gasteiger partial charge in [0.15, 0.2) is 0 Å². The molecule has 3 rings (SSSR count). The quantitative estimate of drug-likeness (QED) is 0.862. The first-order chi connectivity index (χ1) is 9.97. The van der Waals surface area contributed by atoms with Crippen molar-refractivity contribution in [3.8, 4) is 0 Å². The van der Waals surface area contributed by atoms with Crippen LogP contribution in [-0.2, 0) is 15.4 Å². The van der Waals surface area contributed by atoms with Gasteiger partial charge in [0.05, 0.1) is 5.75 Å². The van der Waals surface area contributed by atoms with Gasteiger partial charge in [0.25, 0.3) is 0 Å². The Morgan fingerprint density at radius 1 is 1.29 bits per heavy atom. The Balaban J connectivity index is 1.90. The highest BCUT2D eigenvalue weighted by Crippen LogP contribution is 2.51. The largest absolute Gasteiger partial charge is 0.358 e. The van der Waals surface area contributed by atoms with E-state index in [1.165, 1.54) is 10.9 Å². The molecule has 0 aliphatic heterocycles. The van der Waals surface area contributed by atoms with Gasteiger partial charge in [-0.25, -0.2) is 13.1 Å². The summed E-state index contributed by atoms with van der Waals surface area (Å²) in [5.41, 5.74) is 3.55. The maximum absolute atomic E-state index is 11.9. The van der Waals surface area contributed by atoms with Crippen LogP contribution >= 0.6 is 0 Å². The highest BCUT2D eigenvalue weighted by molar-refractivity contribution is 7.89. The lowest BCUT2D eigenvalue weighted by atomic mass is 9.93. The second kappa shape index (κ2) is 5.14. The summed E-state index contributed by atoms with van der Waals surface area (Å²) in [6, 6.07) is 8.25. The molecule has 0 atom stereocenters. The van der Waals surface area contributed by atoms with Crippen LogP contribution in [0.3, 0.4) is 0 Å². The van der Waals surface area contributed by atoms with E-state index >= 15 is 0 Å². The third-order valence-corrected chi connectivity index (χ3v) is 5.91. The average Bonchev–Trinajstić information content (AvgIpc) is 3.13. The highest BCUT2D eigenvalue weighted by atomic mass is 32.2. The van der Waals surface area contributed by atoms with Gasteiger partial charge in [0.2, 0.25) is 10.0 Å². The summed E-state index contributed by atoms with van der Waals surface area (Å²) in [6.45, 7) is 4.48. The number of sulfonamides is 1. The first-order valence-electron chi connectivity index (χ1n) is 7.52. The van der Waals surface area contributed by atoms with E-state index in [9.17, 15) is 8.42 Å². The Morgan fingerprint density at radius 2 is 2.00 bits per heavy atom. The lowest BCUT2D eigenvalue weighted by Gasteiger charge is -2.17. The summed E-state index contributed by atoms with van der Waals surface area (Å²) < 4.78 is 26.6. The van der Waals surface area contributed by atoms with E-state index in [-0.39, 0.29) is 11.2 Å². The molecule has 1 aliphatic rings. The van der Waals surface area contributed by atoms with E-state index in [1.807, 2.05) is 19.1 Å². The number of hydrogen-bond acceptors (Lipinski definition) is 2. The SMILES string of the molecule is CCCS(=O)(=O)NCC1(c2c(C)[nH]c3ccccc23)CC1. The molecule has 0 bridgehead atoms. The molecule has 1 aromatic heterocycles. The van der Waals surface area contributed by atoms with Gasteiger partial charge in [-0.05, 0) is 37.8 Å². The smallest absolute Gasteiger partial charge is 0.211 e. The number of aromatic amines is 1. The number of aryl methyl sites for hydroxylation is 1. The number of hydrogen-bond donors (Lipinski definition) is 2. The number of nitrogens with one attached hydrogen (secondary N) is 2. The van der Waals surface area contributed by atoms with E-state index in [2.05, 4.69) is 28.8 Å². The summed E-state index contributed by atoms with van der Waals surface area (Å²) in [6.07, 6.45) is 2.74. The molecule has 0 unspecified atom stereocenters. The first-order valence-corrected chi connectivity index (χ1v) is 9.18. The molecule has 2 aromatic rings. The van der Waals surface area contributed by atoms with E-state index < -0.39 is 10.0 Å². The molecule has 1 aliphatic carbocycles. The van der Waals surface area contributed by atoms with Gasteiger partial charge in [-0.3, -0.25) is 0 Å². The van der Waals surface area contributed by atoms with Crippen molar-refractivity contribution in [1.82, 2.24) is 9.71 Å². The topological polar surface area (TPSA) is 62.0 Å². The van der Waals surface area contributed by atoms with Crippen molar-refractivity contribution in [3.05, 3.63) is 35.5 Å². The monoisotopic (exact) mass is 306 g/mol. The third kappa shape index (κ3) is 2.72. The Bertz CT molecular complexity index is 758. The van der Waals surface area contributed by atoms with Crippen LogP contribution in [0.25, 0.3) is 10.9 Å². The molecule has 2 N–H and O–H groups in total. The predicted octanol–water partition coefficient (Wildman–Crippen LogP) is 2.84. The van der Waals surface area contributed by atoms with Crippen molar-refractivity contribution < 1.29 is 8.42 Å². The van der Waals surface area contributed by atoms with Crippen molar-refractivity contribution in [2.75, 3.05) is 12.3 Å². The Kier molecular flexibility index (Phi) is 3.58. The van der Waals surface area contributed by atoms with Crippen molar-refractivity contribution >= 4 is 20.9 Å². The van der Waals surface area contributed by atoms with Crippen molar-refractivity contribution in [3.63, 3.8) is 0 Å². The van der Waals surface area contributed by atoms with Crippen LogP contribution in [0.1, 0.15) is 37.4 Å². The van der Waals surface area contributed by atoms with E-state index in [4.69, 9.17) is 0 Å². The summed E-state index contributed by atoms with van der Waals surface area (Å²) in [5, 5.41) is 1.22. The van der Waals surface area contributed by atoms with Crippen molar-refractivity contribution in [2.45, 2.75) is 38.5 Å². The molecular formula is C16H22N2O2S.